The van der Waals surface area contributed by atoms with Crippen molar-refractivity contribution < 1.29 is 19.1 Å². The molecule has 0 heterocycles. The minimum Gasteiger partial charge on any atom is -0.467 e. The van der Waals surface area contributed by atoms with Crippen LogP contribution in [0.15, 0.2) is 24.3 Å². The molecule has 0 radical (unpaired) electrons. The van der Waals surface area contributed by atoms with Crippen molar-refractivity contribution >= 4 is 40.6 Å². The summed E-state index contributed by atoms with van der Waals surface area (Å²) in [6.07, 6.45) is 6.76. The van der Waals surface area contributed by atoms with Crippen LogP contribution in [0.2, 0.25) is 0 Å². The number of carbonyl (C=O) groups is 3. The summed E-state index contributed by atoms with van der Waals surface area (Å²) in [7, 11) is 3.07. The first-order chi connectivity index (χ1) is 12.8. The third kappa shape index (κ3) is 9.21. The summed E-state index contributed by atoms with van der Waals surface area (Å²) < 4.78 is 6.22. The van der Waals surface area contributed by atoms with Gasteiger partial charge in [0.05, 0.1) is 30.0 Å². The maximum absolute atomic E-state index is 12.2. The van der Waals surface area contributed by atoms with Gasteiger partial charge in [0, 0.05) is 19.0 Å². The van der Waals surface area contributed by atoms with E-state index in [1.807, 2.05) is 41.1 Å². The van der Waals surface area contributed by atoms with Gasteiger partial charge in [-0.1, -0.05) is 31.4 Å². The molecule has 0 saturated heterocycles. The number of unbranched alkanes of at least 4 members (excludes halogenated alkanes) is 4. The Morgan fingerprint density at radius 1 is 1.15 bits per heavy atom. The van der Waals surface area contributed by atoms with Crippen LogP contribution >= 0.6 is 22.9 Å². The van der Waals surface area contributed by atoms with E-state index >= 15 is 0 Å². The second-order valence-electron chi connectivity index (χ2n) is 6.56. The lowest BCUT2D eigenvalue weighted by molar-refractivity contribution is -0.142. The van der Waals surface area contributed by atoms with Gasteiger partial charge in [-0.15, -0.1) is 0 Å². The molecular formula is C20H29IN2O4. The number of amides is 2. The van der Waals surface area contributed by atoms with E-state index in [2.05, 4.69) is 10.1 Å². The number of methoxy groups -OCH3 is 1. The van der Waals surface area contributed by atoms with Crippen LogP contribution in [-0.2, 0) is 20.7 Å². The minimum atomic E-state index is -0.676. The van der Waals surface area contributed by atoms with Gasteiger partial charge in [-0.25, -0.2) is 4.79 Å². The van der Waals surface area contributed by atoms with Crippen molar-refractivity contribution in [3.05, 3.63) is 35.4 Å². The van der Waals surface area contributed by atoms with Crippen molar-refractivity contribution in [1.29, 1.82) is 0 Å². The number of halogens is 1. The molecule has 1 aromatic carbocycles. The third-order valence-electron chi connectivity index (χ3n) is 4.29. The predicted octanol–water partition coefficient (Wildman–Crippen LogP) is 3.67. The van der Waals surface area contributed by atoms with Crippen LogP contribution in [0.3, 0.4) is 0 Å². The molecule has 0 aromatic heterocycles. The van der Waals surface area contributed by atoms with Crippen molar-refractivity contribution in [1.82, 2.24) is 8.43 Å². The molecule has 0 saturated carbocycles. The van der Waals surface area contributed by atoms with Crippen molar-refractivity contribution in [2.24, 2.45) is 0 Å². The van der Waals surface area contributed by atoms with Gasteiger partial charge in [0.25, 0.3) is 5.91 Å². The Bertz CT molecular complexity index is 634. The zero-order valence-corrected chi connectivity index (χ0v) is 18.5. The molecule has 0 fully saturated rings. The largest absolute Gasteiger partial charge is 0.467 e. The summed E-state index contributed by atoms with van der Waals surface area (Å²) in [5, 5.41) is 2.64. The number of esters is 1. The molecule has 1 rings (SSSR count). The molecule has 7 heteroatoms. The molecule has 6 nitrogen and oxygen atoms in total. The number of carbonyl (C=O) groups excluding carboxylic acids is 3. The molecule has 1 atom stereocenters. The molecule has 150 valence electrons. The highest BCUT2D eigenvalue weighted by Crippen LogP contribution is 2.13. The van der Waals surface area contributed by atoms with Crippen molar-refractivity contribution in [3.8, 4) is 0 Å². The summed E-state index contributed by atoms with van der Waals surface area (Å²) in [6, 6.07) is 6.80. The van der Waals surface area contributed by atoms with Crippen LogP contribution in [0.1, 0.15) is 61.4 Å². The van der Waals surface area contributed by atoms with Gasteiger partial charge in [0.1, 0.15) is 6.04 Å². The van der Waals surface area contributed by atoms with Crippen molar-refractivity contribution in [3.63, 3.8) is 0 Å². The van der Waals surface area contributed by atoms with E-state index in [1.165, 1.54) is 7.11 Å². The fourth-order valence-electron chi connectivity index (χ4n) is 2.67. The van der Waals surface area contributed by atoms with Gasteiger partial charge in [0.15, 0.2) is 0 Å². The second-order valence-corrected chi connectivity index (χ2v) is 8.00. The van der Waals surface area contributed by atoms with Crippen LogP contribution in [0, 0.1) is 0 Å². The van der Waals surface area contributed by atoms with E-state index in [1.54, 1.807) is 23.2 Å². The normalized spacial score (nSPS) is 11.6. The number of rotatable bonds is 11. The first-order valence-corrected chi connectivity index (χ1v) is 10.2. The molecule has 0 bridgehead atoms. The molecule has 0 spiro atoms. The van der Waals surface area contributed by atoms with Crippen LogP contribution in [0.5, 0.6) is 0 Å². The van der Waals surface area contributed by atoms with Crippen molar-refractivity contribution in [2.75, 3.05) is 14.2 Å². The highest BCUT2D eigenvalue weighted by atomic mass is 127. The zero-order valence-electron chi connectivity index (χ0n) is 16.3. The Balaban J connectivity index is 2.33. The highest BCUT2D eigenvalue weighted by molar-refractivity contribution is 14.1. The number of nitrogens with zero attached hydrogens (tertiary/aromatic N) is 1. The van der Waals surface area contributed by atoms with E-state index in [0.717, 1.165) is 44.1 Å². The topological polar surface area (TPSA) is 75.7 Å². The SMILES string of the molecule is COC(=O)[C@@H](C)NC(=O)c1cccc(CCCCCCCC(=O)N(C)I)c1. The van der Waals surface area contributed by atoms with Gasteiger partial charge in [0.2, 0.25) is 5.91 Å². The summed E-state index contributed by atoms with van der Waals surface area (Å²) >= 11 is 2.00. The Kier molecular flexibility index (Phi) is 11.0. The molecule has 0 unspecified atom stereocenters. The lowest BCUT2D eigenvalue weighted by Crippen LogP contribution is -2.39. The van der Waals surface area contributed by atoms with Gasteiger partial charge >= 0.3 is 5.97 Å². The lowest BCUT2D eigenvalue weighted by atomic mass is 10.0. The van der Waals surface area contributed by atoms with Crippen LogP contribution < -0.4 is 5.32 Å². The summed E-state index contributed by atoms with van der Waals surface area (Å²) in [5.41, 5.74) is 1.65. The molecule has 27 heavy (non-hydrogen) atoms. The molecule has 1 aromatic rings. The fraction of sp³-hybridized carbons (Fsp3) is 0.550. The molecule has 1 N–H and O–H groups in total. The van der Waals surface area contributed by atoms with E-state index in [0.29, 0.717) is 12.0 Å². The standard InChI is InChI=1S/C20H29IN2O4/c1-15(20(26)27-3)22-19(25)17-12-9-11-16(14-17)10-7-5-4-6-8-13-18(24)23(2)21/h9,11-12,14-15H,4-8,10,13H2,1-3H3,(H,22,25)/t15-/m1/s1. The Morgan fingerprint density at radius 3 is 2.48 bits per heavy atom. The second kappa shape index (κ2) is 12.7. The third-order valence-corrected chi connectivity index (χ3v) is 4.83. The highest BCUT2D eigenvalue weighted by Gasteiger charge is 2.16. The monoisotopic (exact) mass is 488 g/mol. The first-order valence-electron chi connectivity index (χ1n) is 9.25. The maximum Gasteiger partial charge on any atom is 0.328 e. The average molecular weight is 488 g/mol. The maximum atomic E-state index is 12.2. The fourth-order valence-corrected chi connectivity index (χ4v) is 2.91. The number of nitrogens with one attached hydrogen (secondary N) is 1. The molecule has 0 aliphatic rings. The van der Waals surface area contributed by atoms with Gasteiger partial charge < -0.3 is 10.1 Å². The van der Waals surface area contributed by atoms with E-state index in [9.17, 15) is 14.4 Å². The minimum absolute atomic E-state index is 0.173. The van der Waals surface area contributed by atoms with E-state index < -0.39 is 12.0 Å². The number of hydrogen-bond acceptors (Lipinski definition) is 4. The van der Waals surface area contributed by atoms with E-state index in [-0.39, 0.29) is 11.8 Å². The van der Waals surface area contributed by atoms with Gasteiger partial charge in [-0.05, 0) is 43.9 Å². The van der Waals surface area contributed by atoms with Crippen molar-refractivity contribution in [2.45, 2.75) is 57.9 Å². The summed E-state index contributed by atoms with van der Waals surface area (Å²) in [6.45, 7) is 1.60. The number of hydrogen-bond donors (Lipinski definition) is 1. The first kappa shape index (κ1) is 23.4. The predicted molar refractivity (Wildman–Crippen MR) is 114 cm³/mol. The number of benzene rings is 1. The zero-order chi connectivity index (χ0) is 20.2. The lowest BCUT2D eigenvalue weighted by Gasteiger charge is -2.12. The molecule has 0 aliphatic heterocycles. The Morgan fingerprint density at radius 2 is 1.81 bits per heavy atom. The average Bonchev–Trinajstić information content (AvgIpc) is 2.66. The summed E-state index contributed by atoms with van der Waals surface area (Å²) in [4.78, 5) is 35.1. The van der Waals surface area contributed by atoms with E-state index in [4.69, 9.17) is 0 Å². The molecule has 2 amide bonds. The number of aryl methyl sites for hydroxylation is 1. The summed E-state index contributed by atoms with van der Waals surface area (Å²) in [5.74, 6) is -0.571. The van der Waals surface area contributed by atoms with Gasteiger partial charge in [-0.3, -0.25) is 12.7 Å². The smallest absolute Gasteiger partial charge is 0.328 e. The Hall–Kier alpha value is -1.64. The van der Waals surface area contributed by atoms with Crippen LogP contribution in [0.25, 0.3) is 0 Å². The number of ether oxygens (including phenoxy) is 1. The Labute approximate surface area is 175 Å². The quantitative estimate of drug-likeness (QED) is 0.223. The van der Waals surface area contributed by atoms with Crippen LogP contribution in [0.4, 0.5) is 0 Å². The molecule has 0 aliphatic carbocycles. The van der Waals surface area contributed by atoms with Crippen LogP contribution in [-0.4, -0.2) is 41.1 Å². The molecular weight excluding hydrogens is 459 g/mol. The van der Waals surface area contributed by atoms with Gasteiger partial charge in [-0.2, -0.15) is 0 Å².